The summed E-state index contributed by atoms with van der Waals surface area (Å²) in [5.74, 6) is 0. The number of hydrogen-bond acceptors (Lipinski definition) is 0. The van der Waals surface area contributed by atoms with Crippen molar-refractivity contribution in [2.45, 2.75) is 0 Å². The first-order valence-corrected chi connectivity index (χ1v) is 8.44. The van der Waals surface area contributed by atoms with E-state index in [9.17, 15) is 0 Å². The van der Waals surface area contributed by atoms with Gasteiger partial charge in [-0.2, -0.15) is 0 Å². The predicted molar refractivity (Wildman–Crippen MR) is 41.7 cm³/mol. The molecule has 0 aliphatic carbocycles. The van der Waals surface area contributed by atoms with E-state index in [4.69, 9.17) is 0 Å². The van der Waals surface area contributed by atoms with Crippen LogP contribution in [0.4, 0.5) is 0 Å². The summed E-state index contributed by atoms with van der Waals surface area (Å²) in [5, 5.41) is 0. The third-order valence-electron chi connectivity index (χ3n) is 1.40. The van der Waals surface area contributed by atoms with Gasteiger partial charge in [0, 0.05) is 0 Å². The van der Waals surface area contributed by atoms with Crippen LogP contribution in [-0.2, 0) is 0 Å². The second-order valence-corrected chi connectivity index (χ2v) is 6.85. The Morgan fingerprint density at radius 3 is 3.38 bits per heavy atom. The van der Waals surface area contributed by atoms with Crippen LogP contribution in [-0.4, -0.2) is 17.3 Å². The average molecular weight is 333 g/mol. The quantitative estimate of drug-likeness (QED) is 0.362. The summed E-state index contributed by atoms with van der Waals surface area (Å²) in [5.41, 5.74) is 3.66. The molecule has 0 saturated carbocycles. The van der Waals surface area contributed by atoms with Crippen LogP contribution < -0.4 is 21.2 Å². The van der Waals surface area contributed by atoms with Gasteiger partial charge in [0.15, 0.2) is 0 Å². The van der Waals surface area contributed by atoms with Crippen LogP contribution in [0.1, 0.15) is 0 Å². The average Bonchev–Trinajstić information content (AvgIpc) is 2.15. The van der Waals surface area contributed by atoms with Crippen LogP contribution in [0.2, 0.25) is 0 Å². The zero-order valence-corrected chi connectivity index (χ0v) is 8.77. The fraction of sp³-hybridized carbons (Fsp3) is 0.500. The molecule has 0 N–H and O–H groups in total. The molecular formula is C6H7I2-. The molecule has 2 aliphatic rings. The first-order chi connectivity index (χ1) is 3.97. The molecule has 8 heavy (non-hydrogen) atoms. The van der Waals surface area contributed by atoms with E-state index in [1.807, 2.05) is 5.57 Å². The number of hydrogen-bond donors (Lipinski definition) is 0. The Morgan fingerprint density at radius 1 is 1.50 bits per heavy atom. The molecule has 0 aromatic rings. The van der Waals surface area contributed by atoms with Gasteiger partial charge in [-0.05, 0) is 0 Å². The molecule has 0 aromatic heterocycles. The minimum atomic E-state index is 0.525. The minimum absolute atomic E-state index is 0.525. The topological polar surface area (TPSA) is 0 Å². The summed E-state index contributed by atoms with van der Waals surface area (Å²) < 4.78 is 7.15. The van der Waals surface area contributed by atoms with Crippen LogP contribution in [0.15, 0.2) is 11.1 Å². The number of alkyl halides is 3. The first kappa shape index (κ1) is 5.82. The van der Waals surface area contributed by atoms with E-state index in [1.54, 1.807) is 10.0 Å². The van der Waals surface area contributed by atoms with Crippen molar-refractivity contribution in [3.05, 3.63) is 11.1 Å². The van der Waals surface area contributed by atoms with Gasteiger partial charge in [0.1, 0.15) is 0 Å². The molecular weight excluding hydrogens is 326 g/mol. The number of rotatable bonds is 0. The van der Waals surface area contributed by atoms with Crippen molar-refractivity contribution in [2.24, 2.45) is 0 Å². The molecule has 0 unspecified atom stereocenters. The van der Waals surface area contributed by atoms with E-state index in [0.29, 0.717) is 41.9 Å². The monoisotopic (exact) mass is 333 g/mol. The summed E-state index contributed by atoms with van der Waals surface area (Å²) in [6.07, 6.45) is 0. The Balaban J connectivity index is 2.33. The third kappa shape index (κ3) is 0.894. The molecule has 0 fully saturated rings. The predicted octanol–water partition coefficient (Wildman–Crippen LogP) is -1.83. The molecule has 46 valence electrons. The maximum absolute atomic E-state index is 2.56. The second-order valence-electron chi connectivity index (χ2n) is 1.98. The summed E-state index contributed by atoms with van der Waals surface area (Å²) in [7, 11) is 0. The van der Waals surface area contributed by atoms with Crippen molar-refractivity contribution in [1.82, 2.24) is 0 Å². The van der Waals surface area contributed by atoms with Crippen molar-refractivity contribution in [3.8, 4) is 0 Å². The van der Waals surface area contributed by atoms with Gasteiger partial charge in [0.2, 0.25) is 0 Å². The molecule has 0 bridgehead atoms. The molecule has 0 spiro atoms. The standard InChI is InChI=1S/C6H7I2/c1-5-2-8-4-6(5)3-7-1/h1H,2-4H2/q-1. The Labute approximate surface area is 69.7 Å². The number of allylic oxidation sites excluding steroid dienone is 2. The van der Waals surface area contributed by atoms with Crippen LogP contribution in [0, 0.1) is 0 Å². The zero-order valence-electron chi connectivity index (χ0n) is 4.45. The molecule has 0 nitrogen and oxygen atoms in total. The first-order valence-electron chi connectivity index (χ1n) is 2.62. The molecule has 2 aliphatic heterocycles. The van der Waals surface area contributed by atoms with Gasteiger partial charge in [0.05, 0.1) is 0 Å². The van der Waals surface area contributed by atoms with E-state index in [1.165, 1.54) is 8.86 Å². The summed E-state index contributed by atoms with van der Waals surface area (Å²) in [4.78, 5) is 0. The fourth-order valence-electron chi connectivity index (χ4n) is 0.896. The van der Waals surface area contributed by atoms with E-state index < -0.39 is 0 Å². The zero-order chi connectivity index (χ0) is 5.40. The Bertz CT molecular complexity index is 167. The van der Waals surface area contributed by atoms with Crippen LogP contribution in [0.25, 0.3) is 0 Å². The van der Waals surface area contributed by atoms with Gasteiger partial charge >= 0.3 is 70.4 Å². The Hall–Kier alpha value is 1.07. The normalized spacial score (nSPS) is 27.0. The van der Waals surface area contributed by atoms with Crippen molar-refractivity contribution < 1.29 is 21.2 Å². The van der Waals surface area contributed by atoms with E-state index in [0.717, 1.165) is 0 Å². The molecule has 2 heterocycles. The van der Waals surface area contributed by atoms with Crippen molar-refractivity contribution >= 4 is 24.7 Å². The van der Waals surface area contributed by atoms with Gasteiger partial charge in [0.25, 0.3) is 0 Å². The van der Waals surface area contributed by atoms with Gasteiger partial charge < -0.3 is 0 Å². The van der Waals surface area contributed by atoms with Crippen molar-refractivity contribution in [1.29, 1.82) is 0 Å². The molecule has 2 rings (SSSR count). The van der Waals surface area contributed by atoms with Gasteiger partial charge in [-0.1, -0.05) is 0 Å². The summed E-state index contributed by atoms with van der Waals surface area (Å²) >= 11 is 1.14. The van der Waals surface area contributed by atoms with Crippen LogP contribution in [0.5, 0.6) is 0 Å². The molecule has 0 radical (unpaired) electrons. The molecule has 0 saturated heterocycles. The maximum atomic E-state index is 2.56. The molecule has 0 amide bonds. The van der Waals surface area contributed by atoms with E-state index >= 15 is 0 Å². The molecule has 0 atom stereocenters. The van der Waals surface area contributed by atoms with Gasteiger partial charge in [-0.25, -0.2) is 0 Å². The van der Waals surface area contributed by atoms with E-state index in [2.05, 4.69) is 4.01 Å². The third-order valence-corrected chi connectivity index (χ3v) is 6.77. The molecule has 2 heteroatoms. The van der Waals surface area contributed by atoms with E-state index in [-0.39, 0.29) is 0 Å². The SMILES string of the molecule is C1=ICC2=C1C[I-]C2. The molecule has 0 aromatic carbocycles. The Morgan fingerprint density at radius 2 is 2.50 bits per heavy atom. The van der Waals surface area contributed by atoms with Gasteiger partial charge in [-0.3, -0.25) is 0 Å². The summed E-state index contributed by atoms with van der Waals surface area (Å²) in [6.45, 7) is 0. The number of halogens is 2. The second kappa shape index (κ2) is 2.36. The van der Waals surface area contributed by atoms with Crippen molar-refractivity contribution in [2.75, 3.05) is 13.3 Å². The van der Waals surface area contributed by atoms with Gasteiger partial charge in [-0.15, -0.1) is 0 Å². The Kier molecular flexibility index (Phi) is 1.72. The van der Waals surface area contributed by atoms with Crippen LogP contribution in [0.3, 0.4) is 0 Å². The van der Waals surface area contributed by atoms with Crippen molar-refractivity contribution in [3.63, 3.8) is 0 Å². The fourth-order valence-corrected chi connectivity index (χ4v) is 8.50. The summed E-state index contributed by atoms with van der Waals surface area (Å²) in [6, 6.07) is 0. The van der Waals surface area contributed by atoms with Crippen LogP contribution >= 0.6 is 20.7 Å².